The molecule has 3 aromatic rings. The van der Waals surface area contributed by atoms with Crippen LogP contribution in [-0.4, -0.2) is 46.5 Å². The smallest absolute Gasteiger partial charge is 0.234 e. The Balaban J connectivity index is 1.44. The Bertz CT molecular complexity index is 1170. The molecule has 0 unspecified atom stereocenters. The number of hydrogen-bond donors (Lipinski definition) is 1. The molecule has 33 heavy (non-hydrogen) atoms. The number of piperidine rings is 1. The van der Waals surface area contributed by atoms with Gasteiger partial charge in [-0.05, 0) is 57.7 Å². The molecule has 174 valence electrons. The molecule has 0 saturated carbocycles. The van der Waals surface area contributed by atoms with E-state index in [1.807, 2.05) is 6.07 Å². The number of fused-ring (bicyclic) bond motifs is 3. The number of anilines is 1. The van der Waals surface area contributed by atoms with Crippen LogP contribution in [0.5, 0.6) is 11.8 Å². The van der Waals surface area contributed by atoms with Gasteiger partial charge in [-0.25, -0.2) is 0 Å². The maximum atomic E-state index is 6.09. The van der Waals surface area contributed by atoms with Gasteiger partial charge < -0.3 is 19.7 Å². The van der Waals surface area contributed by atoms with Crippen molar-refractivity contribution in [3.8, 4) is 33.3 Å². The maximum Gasteiger partial charge on any atom is 0.234 e. The Labute approximate surface area is 199 Å². The highest BCUT2D eigenvalue weighted by Gasteiger charge is 2.40. The molecule has 4 heterocycles. The summed E-state index contributed by atoms with van der Waals surface area (Å²) in [6.45, 7) is 9.64. The zero-order valence-electron chi connectivity index (χ0n) is 20.1. The van der Waals surface area contributed by atoms with E-state index in [0.717, 1.165) is 45.4 Å². The van der Waals surface area contributed by atoms with Gasteiger partial charge in [0.15, 0.2) is 5.13 Å². The third-order valence-corrected chi connectivity index (χ3v) is 7.65. The van der Waals surface area contributed by atoms with Crippen molar-refractivity contribution >= 4 is 16.5 Å². The molecule has 1 fully saturated rings. The van der Waals surface area contributed by atoms with E-state index < -0.39 is 0 Å². The quantitative estimate of drug-likeness (QED) is 0.587. The van der Waals surface area contributed by atoms with Crippen molar-refractivity contribution in [2.45, 2.75) is 64.3 Å². The molecule has 0 aliphatic carbocycles. The first-order valence-electron chi connectivity index (χ1n) is 11.3. The van der Waals surface area contributed by atoms with Crippen LogP contribution in [0.1, 0.15) is 46.1 Å². The molecule has 2 aliphatic rings. The summed E-state index contributed by atoms with van der Waals surface area (Å²) in [6.07, 6.45) is 3.89. The lowest BCUT2D eigenvalue weighted by Crippen LogP contribution is -2.61. The fourth-order valence-electron chi connectivity index (χ4n) is 5.28. The lowest BCUT2D eigenvalue weighted by atomic mass is 9.79. The van der Waals surface area contributed by atoms with Gasteiger partial charge in [0.05, 0.1) is 13.3 Å². The second-order valence-electron chi connectivity index (χ2n) is 10.3. The second-order valence-corrected chi connectivity index (χ2v) is 11.3. The van der Waals surface area contributed by atoms with E-state index >= 15 is 0 Å². The molecule has 5 rings (SSSR count). The molecule has 0 bridgehead atoms. The predicted molar refractivity (Wildman–Crippen MR) is 132 cm³/mol. The van der Waals surface area contributed by atoms with E-state index in [4.69, 9.17) is 14.5 Å². The minimum absolute atomic E-state index is 0.0849. The number of benzene rings is 1. The largest absolute Gasteiger partial charge is 0.480 e. The van der Waals surface area contributed by atoms with E-state index in [0.29, 0.717) is 18.5 Å². The number of nitrogens with one attached hydrogen (secondary N) is 1. The first-order chi connectivity index (χ1) is 15.6. The van der Waals surface area contributed by atoms with Crippen LogP contribution in [0.2, 0.25) is 0 Å². The molecule has 7 nitrogen and oxygen atoms in total. The Morgan fingerprint density at radius 2 is 1.88 bits per heavy atom. The summed E-state index contributed by atoms with van der Waals surface area (Å²) in [6, 6.07) is 8.75. The van der Waals surface area contributed by atoms with Gasteiger partial charge in [0.2, 0.25) is 11.8 Å². The maximum absolute atomic E-state index is 6.09. The van der Waals surface area contributed by atoms with Crippen molar-refractivity contribution in [1.29, 1.82) is 0 Å². The van der Waals surface area contributed by atoms with E-state index in [9.17, 15) is 0 Å². The molecule has 0 amide bonds. The molecule has 2 aromatic heterocycles. The lowest BCUT2D eigenvalue weighted by molar-refractivity contribution is 0.161. The fraction of sp³-hybridized carbons (Fsp3) is 0.480. The number of methoxy groups -OCH3 is 1. The van der Waals surface area contributed by atoms with Crippen LogP contribution in [0.15, 0.2) is 30.5 Å². The normalized spacial score (nSPS) is 18.7. The minimum atomic E-state index is 0.0849. The zero-order valence-corrected chi connectivity index (χ0v) is 20.9. The summed E-state index contributed by atoms with van der Waals surface area (Å²) in [7, 11) is 3.76. The van der Waals surface area contributed by atoms with Gasteiger partial charge in [-0.15, -0.1) is 5.10 Å². The van der Waals surface area contributed by atoms with Gasteiger partial charge in [-0.1, -0.05) is 23.5 Å². The second kappa shape index (κ2) is 7.95. The summed E-state index contributed by atoms with van der Waals surface area (Å²) >= 11 is 1.71. The number of nitrogens with zero attached hydrogens (tertiary/aromatic N) is 4. The van der Waals surface area contributed by atoms with Crippen LogP contribution < -0.4 is 19.7 Å². The van der Waals surface area contributed by atoms with Crippen LogP contribution in [0.4, 0.5) is 5.13 Å². The van der Waals surface area contributed by atoms with Gasteiger partial charge in [0, 0.05) is 41.4 Å². The molecule has 0 spiro atoms. The van der Waals surface area contributed by atoms with Crippen molar-refractivity contribution in [1.82, 2.24) is 20.5 Å². The molecular weight excluding hydrogens is 434 g/mol. The van der Waals surface area contributed by atoms with Gasteiger partial charge in [0.1, 0.15) is 11.5 Å². The Kier molecular flexibility index (Phi) is 5.33. The zero-order chi connectivity index (χ0) is 23.4. The minimum Gasteiger partial charge on any atom is -0.480 e. The number of thiazole rings is 1. The average molecular weight is 466 g/mol. The summed E-state index contributed by atoms with van der Waals surface area (Å²) < 4.78 is 11.3. The standard InChI is InChI=1S/C25H31N5O2S/c1-24(2)11-18(12-25(3,4)29-24)30(5)23-27-22-21(33-23)19-8-7-15(9-17(19)14-32-22)16-10-20(31-6)28-26-13-16/h7-10,13,18,29H,11-12,14H2,1-6H3. The molecule has 1 N–H and O–H groups in total. The molecule has 2 aliphatic heterocycles. The topological polar surface area (TPSA) is 72.4 Å². The first-order valence-corrected chi connectivity index (χ1v) is 12.1. The summed E-state index contributed by atoms with van der Waals surface area (Å²) in [5.41, 5.74) is 4.55. The first kappa shape index (κ1) is 22.1. The van der Waals surface area contributed by atoms with Crippen LogP contribution in [-0.2, 0) is 6.61 Å². The lowest BCUT2D eigenvalue weighted by Gasteiger charge is -2.48. The number of aromatic nitrogens is 3. The van der Waals surface area contributed by atoms with Gasteiger partial charge >= 0.3 is 0 Å². The Morgan fingerprint density at radius 3 is 2.61 bits per heavy atom. The third kappa shape index (κ3) is 4.29. The number of rotatable bonds is 4. The highest BCUT2D eigenvalue weighted by molar-refractivity contribution is 7.19. The van der Waals surface area contributed by atoms with Gasteiger partial charge in [0.25, 0.3) is 0 Å². The van der Waals surface area contributed by atoms with Gasteiger partial charge in [-0.2, -0.15) is 10.1 Å². The van der Waals surface area contributed by atoms with Crippen LogP contribution in [0.3, 0.4) is 0 Å². The average Bonchev–Trinajstić information content (AvgIpc) is 3.21. The van der Waals surface area contributed by atoms with Crippen molar-refractivity contribution in [3.63, 3.8) is 0 Å². The van der Waals surface area contributed by atoms with E-state index in [1.165, 1.54) is 5.56 Å². The molecule has 0 atom stereocenters. The van der Waals surface area contributed by atoms with Crippen LogP contribution >= 0.6 is 11.3 Å². The van der Waals surface area contributed by atoms with Crippen molar-refractivity contribution in [3.05, 3.63) is 36.0 Å². The molecular formula is C25H31N5O2S. The molecule has 8 heteroatoms. The summed E-state index contributed by atoms with van der Waals surface area (Å²) in [4.78, 5) is 8.34. The van der Waals surface area contributed by atoms with Crippen LogP contribution in [0.25, 0.3) is 21.6 Å². The van der Waals surface area contributed by atoms with E-state index in [-0.39, 0.29) is 11.1 Å². The highest BCUT2D eigenvalue weighted by atomic mass is 32.1. The van der Waals surface area contributed by atoms with Crippen molar-refractivity contribution in [2.24, 2.45) is 0 Å². The number of hydrogen-bond acceptors (Lipinski definition) is 8. The van der Waals surface area contributed by atoms with Gasteiger partial charge in [-0.3, -0.25) is 0 Å². The van der Waals surface area contributed by atoms with Crippen molar-refractivity contribution < 1.29 is 9.47 Å². The molecule has 1 aromatic carbocycles. The monoisotopic (exact) mass is 465 g/mol. The number of ether oxygens (including phenoxy) is 2. The summed E-state index contributed by atoms with van der Waals surface area (Å²) in [5, 5.41) is 12.8. The fourth-order valence-corrected chi connectivity index (χ4v) is 6.38. The molecule has 1 saturated heterocycles. The van der Waals surface area contributed by atoms with Crippen molar-refractivity contribution in [2.75, 3.05) is 19.1 Å². The van der Waals surface area contributed by atoms with E-state index in [1.54, 1.807) is 24.6 Å². The Hall–Kier alpha value is -2.71. The third-order valence-electron chi connectivity index (χ3n) is 6.49. The molecule has 0 radical (unpaired) electrons. The highest BCUT2D eigenvalue weighted by Crippen LogP contribution is 2.46. The summed E-state index contributed by atoms with van der Waals surface area (Å²) in [5.74, 6) is 1.24. The van der Waals surface area contributed by atoms with E-state index in [2.05, 4.69) is 73.4 Å². The SMILES string of the molecule is COc1cc(-c2ccc3c(c2)COc2nc(N(C)C4CC(C)(C)NC(C)(C)C4)sc2-3)cnn1. The Morgan fingerprint density at radius 1 is 1.12 bits per heavy atom. The predicted octanol–water partition coefficient (Wildman–Crippen LogP) is 4.91. The van der Waals surface area contributed by atoms with Crippen LogP contribution in [0, 0.1) is 0 Å².